The van der Waals surface area contributed by atoms with Crippen molar-refractivity contribution in [2.45, 2.75) is 0 Å². The summed E-state index contributed by atoms with van der Waals surface area (Å²) in [6, 6.07) is 5.47. The van der Waals surface area contributed by atoms with Gasteiger partial charge in [0.1, 0.15) is 0 Å². The highest BCUT2D eigenvalue weighted by molar-refractivity contribution is 5.88. The Bertz CT molecular complexity index is 616. The molecular formula is C12H21N12+3. The van der Waals surface area contributed by atoms with Gasteiger partial charge in [-0.2, -0.15) is 0 Å². The topological polar surface area (TPSA) is 235 Å². The van der Waals surface area contributed by atoms with E-state index in [1.54, 1.807) is 18.6 Å². The summed E-state index contributed by atoms with van der Waals surface area (Å²) in [5.74, 6) is -0.279. The number of benzene rings is 1. The van der Waals surface area contributed by atoms with E-state index >= 15 is 0 Å². The second kappa shape index (κ2) is 9.14. The molecule has 0 amide bonds. The number of hydrogen-bond donors (Lipinski definition) is 9. The highest BCUT2D eigenvalue weighted by atomic mass is 15.3. The Balaban J connectivity index is 3.18. The van der Waals surface area contributed by atoms with E-state index in [1.165, 1.54) is 0 Å². The highest BCUT2D eigenvalue weighted by Gasteiger charge is 2.03. The molecular weight excluding hydrogens is 312 g/mol. The molecule has 126 valence electrons. The van der Waals surface area contributed by atoms with Crippen LogP contribution in [0.25, 0.3) is 0 Å². The van der Waals surface area contributed by atoms with Crippen LogP contribution in [0.1, 0.15) is 16.7 Å². The first-order valence-electron chi connectivity index (χ1n) is 6.54. The molecule has 0 aromatic heterocycles. The lowest BCUT2D eigenvalue weighted by molar-refractivity contribution is -0.456. The van der Waals surface area contributed by atoms with E-state index in [0.29, 0.717) is 0 Å². The summed E-state index contributed by atoms with van der Waals surface area (Å²) in [5.41, 5.74) is 33.7. The van der Waals surface area contributed by atoms with Crippen LogP contribution in [0, 0.1) is 0 Å². The molecule has 0 atom stereocenters. The molecule has 24 heavy (non-hydrogen) atoms. The van der Waals surface area contributed by atoms with Gasteiger partial charge in [-0.15, -0.1) is 15.3 Å². The van der Waals surface area contributed by atoms with E-state index in [2.05, 4.69) is 30.6 Å². The molecule has 0 bridgehead atoms. The van der Waals surface area contributed by atoms with E-state index in [0.717, 1.165) is 16.7 Å². The molecule has 0 heterocycles. The van der Waals surface area contributed by atoms with Crippen LogP contribution < -0.4 is 49.7 Å². The molecule has 0 unspecified atom stereocenters. The normalized spacial score (nSPS) is 11.0. The Morgan fingerprint density at radius 1 is 0.583 bits per heavy atom. The minimum absolute atomic E-state index is 0.0930. The number of nitrogens with two attached hydrogens (primary N) is 6. The van der Waals surface area contributed by atoms with Crippen molar-refractivity contribution in [3.8, 4) is 0 Å². The van der Waals surface area contributed by atoms with Crippen molar-refractivity contribution in [2.24, 2.45) is 49.7 Å². The fourth-order valence-electron chi connectivity index (χ4n) is 1.50. The van der Waals surface area contributed by atoms with Crippen molar-refractivity contribution >= 4 is 36.5 Å². The minimum Gasteiger partial charge on any atom is -0.365 e. The molecule has 1 aromatic carbocycles. The molecule has 0 saturated carbocycles. The average molecular weight is 333 g/mol. The van der Waals surface area contributed by atoms with E-state index in [4.69, 9.17) is 34.4 Å². The third-order valence-electron chi connectivity index (χ3n) is 2.27. The number of hydrazone groups is 3. The first-order valence-corrected chi connectivity index (χ1v) is 6.54. The van der Waals surface area contributed by atoms with E-state index in [-0.39, 0.29) is 17.9 Å². The molecule has 1 rings (SSSR count). The Morgan fingerprint density at radius 2 is 0.833 bits per heavy atom. The summed E-state index contributed by atoms with van der Waals surface area (Å²) in [5, 5.41) is 18.8. The van der Waals surface area contributed by atoms with Gasteiger partial charge in [0.25, 0.3) is 17.9 Å². The molecule has 0 aliphatic carbocycles. The lowest BCUT2D eigenvalue weighted by Crippen LogP contribution is -2.64. The summed E-state index contributed by atoms with van der Waals surface area (Å²) in [6.45, 7) is 0. The standard InChI is InChI=1S/C12H18N12/c13-10(14)22-19-4-7-1-8(5-20-23-11(15)16)3-9(2-7)6-21-24-12(17)18/h1-6H,(H4,13,14,22)(H4,15,16,23)(H4,17,18,24)/p+3. The van der Waals surface area contributed by atoms with Gasteiger partial charge in [0.15, 0.2) is 0 Å². The Kier molecular flexibility index (Phi) is 6.89. The van der Waals surface area contributed by atoms with Gasteiger partial charge in [-0.25, -0.2) is 0 Å². The molecule has 15 N–H and O–H groups in total. The first kappa shape index (κ1) is 18.1. The summed E-state index contributed by atoms with van der Waals surface area (Å²) in [4.78, 5) is 0. The van der Waals surface area contributed by atoms with Crippen molar-refractivity contribution in [1.29, 1.82) is 0 Å². The zero-order valence-corrected chi connectivity index (χ0v) is 12.8. The Labute approximate surface area is 137 Å². The lowest BCUT2D eigenvalue weighted by atomic mass is 10.1. The number of nitrogens with zero attached hydrogens (tertiary/aromatic N) is 3. The zero-order valence-electron chi connectivity index (χ0n) is 12.8. The number of hydrogen-bond acceptors (Lipinski definition) is 3. The molecule has 1 aromatic rings. The van der Waals surface area contributed by atoms with E-state index in [9.17, 15) is 0 Å². The van der Waals surface area contributed by atoms with Crippen molar-refractivity contribution in [3.63, 3.8) is 0 Å². The molecule has 0 aliphatic heterocycles. The van der Waals surface area contributed by atoms with Gasteiger partial charge in [0.05, 0.1) is 0 Å². The number of nitrogens with one attached hydrogen (secondary N) is 3. The van der Waals surface area contributed by atoms with Gasteiger partial charge in [-0.1, -0.05) is 0 Å². The zero-order chi connectivity index (χ0) is 17.9. The maximum absolute atomic E-state index is 5.24. The van der Waals surface area contributed by atoms with E-state index < -0.39 is 0 Å². The van der Waals surface area contributed by atoms with Crippen LogP contribution in [0.4, 0.5) is 0 Å². The minimum atomic E-state index is -0.0930. The lowest BCUT2D eigenvalue weighted by Gasteiger charge is -1.94. The predicted octanol–water partition coefficient (Wildman–Crippen LogP) is -8.25. The van der Waals surface area contributed by atoms with Gasteiger partial charge in [-0.3, -0.25) is 0 Å². The van der Waals surface area contributed by atoms with Crippen LogP contribution >= 0.6 is 0 Å². The van der Waals surface area contributed by atoms with Gasteiger partial charge in [-0.05, 0) is 18.2 Å². The number of rotatable bonds is 6. The third-order valence-corrected chi connectivity index (χ3v) is 2.27. The number of guanidine groups is 3. The monoisotopic (exact) mass is 333 g/mol. The van der Waals surface area contributed by atoms with Gasteiger partial charge in [0.2, 0.25) is 18.6 Å². The van der Waals surface area contributed by atoms with Gasteiger partial charge >= 0.3 is 0 Å². The fraction of sp³-hybridized carbons (Fsp3) is 0. The van der Waals surface area contributed by atoms with Gasteiger partial charge in [0, 0.05) is 32.0 Å². The molecule has 12 nitrogen and oxygen atoms in total. The Hall–Kier alpha value is -3.96. The van der Waals surface area contributed by atoms with Crippen LogP contribution in [0.15, 0.2) is 33.5 Å². The quantitative estimate of drug-likeness (QED) is 0.139. The van der Waals surface area contributed by atoms with Crippen LogP contribution in [0.2, 0.25) is 0 Å². The molecule has 0 fully saturated rings. The summed E-state index contributed by atoms with van der Waals surface area (Å²) < 4.78 is 0. The Morgan fingerprint density at radius 3 is 1.04 bits per heavy atom. The maximum Gasteiger partial charge on any atom is 0.256 e. The van der Waals surface area contributed by atoms with Crippen LogP contribution in [-0.4, -0.2) is 36.5 Å². The molecule has 0 spiro atoms. The second-order valence-corrected chi connectivity index (χ2v) is 4.36. The van der Waals surface area contributed by atoms with Crippen LogP contribution in [0.5, 0.6) is 0 Å². The summed E-state index contributed by atoms with van der Waals surface area (Å²) in [6.07, 6.45) is 4.78. The third kappa shape index (κ3) is 7.72. The molecule has 12 heteroatoms. The maximum atomic E-state index is 5.24. The first-order chi connectivity index (χ1) is 11.4. The average Bonchev–Trinajstić information content (AvgIpc) is 2.46. The van der Waals surface area contributed by atoms with Crippen molar-refractivity contribution < 1.29 is 15.3 Å². The van der Waals surface area contributed by atoms with Crippen molar-refractivity contribution in [1.82, 2.24) is 0 Å². The highest BCUT2D eigenvalue weighted by Crippen LogP contribution is 2.03. The van der Waals surface area contributed by atoms with Crippen molar-refractivity contribution in [2.75, 3.05) is 0 Å². The summed E-state index contributed by atoms with van der Waals surface area (Å²) in [7, 11) is 0. The molecule has 0 radical (unpaired) electrons. The van der Waals surface area contributed by atoms with Crippen molar-refractivity contribution in [3.05, 3.63) is 34.9 Å². The molecule has 0 aliphatic rings. The smallest absolute Gasteiger partial charge is 0.256 e. The largest absolute Gasteiger partial charge is 0.365 e. The van der Waals surface area contributed by atoms with Crippen LogP contribution in [0.3, 0.4) is 0 Å². The van der Waals surface area contributed by atoms with Crippen LogP contribution in [-0.2, 0) is 0 Å². The summed E-state index contributed by atoms with van der Waals surface area (Å²) >= 11 is 0. The molecule has 0 saturated heterocycles. The SMILES string of the molecule is NC(N)=N[NH+]=Cc1cc(C=[NH+]N=C(N)N)cc(C=[NH+]N=C(N)N)c1. The second-order valence-electron chi connectivity index (χ2n) is 4.36. The van der Waals surface area contributed by atoms with Gasteiger partial charge < -0.3 is 34.4 Å². The fourth-order valence-corrected chi connectivity index (χ4v) is 1.50. The predicted molar refractivity (Wildman–Crippen MR) is 92.3 cm³/mol. The van der Waals surface area contributed by atoms with E-state index in [1.807, 2.05) is 18.2 Å².